The molecule has 0 saturated carbocycles. The van der Waals surface area contributed by atoms with E-state index in [-0.39, 0.29) is 0 Å². The van der Waals surface area contributed by atoms with Crippen LogP contribution in [0.3, 0.4) is 0 Å². The average molecular weight is 159 g/mol. The lowest BCUT2D eigenvalue weighted by molar-refractivity contribution is 0.907. The highest BCUT2D eigenvalue weighted by atomic mass is 32.2. The van der Waals surface area contributed by atoms with E-state index in [1.165, 1.54) is 6.42 Å². The van der Waals surface area contributed by atoms with Crippen LogP contribution in [0.2, 0.25) is 0 Å². The van der Waals surface area contributed by atoms with Crippen molar-refractivity contribution in [1.82, 2.24) is 0 Å². The fraction of sp³-hybridized carbons (Fsp3) is 0.750. The monoisotopic (exact) mass is 159 g/mol. The first-order valence-electron chi connectivity index (χ1n) is 3.78. The fourth-order valence-electron chi connectivity index (χ4n) is 0.502. The van der Waals surface area contributed by atoms with Crippen LogP contribution in [0.5, 0.6) is 0 Å². The number of thioether (sulfide) groups is 1. The van der Waals surface area contributed by atoms with E-state index in [4.69, 9.17) is 5.73 Å². The van der Waals surface area contributed by atoms with E-state index in [1.807, 2.05) is 17.8 Å². The molecule has 0 bridgehead atoms. The highest BCUT2D eigenvalue weighted by Crippen LogP contribution is 2.12. The van der Waals surface area contributed by atoms with E-state index in [0.717, 1.165) is 11.0 Å². The van der Waals surface area contributed by atoms with Crippen molar-refractivity contribution in [2.24, 2.45) is 5.73 Å². The van der Waals surface area contributed by atoms with E-state index in [1.54, 1.807) is 0 Å². The summed E-state index contributed by atoms with van der Waals surface area (Å²) in [6, 6.07) is 0. The van der Waals surface area contributed by atoms with Gasteiger partial charge < -0.3 is 5.73 Å². The van der Waals surface area contributed by atoms with Crippen LogP contribution in [0.25, 0.3) is 0 Å². The Morgan fingerprint density at radius 3 is 2.70 bits per heavy atom. The summed E-state index contributed by atoms with van der Waals surface area (Å²) in [5.74, 6) is 1.10. The summed E-state index contributed by atoms with van der Waals surface area (Å²) < 4.78 is 0. The highest BCUT2D eigenvalue weighted by molar-refractivity contribution is 8.00. The summed E-state index contributed by atoms with van der Waals surface area (Å²) in [7, 11) is 0. The molecule has 0 radical (unpaired) electrons. The Balaban J connectivity index is 3.10. The quantitative estimate of drug-likeness (QED) is 0.621. The Hall–Kier alpha value is 0.0500. The van der Waals surface area contributed by atoms with Gasteiger partial charge >= 0.3 is 0 Å². The van der Waals surface area contributed by atoms with Crippen LogP contribution in [-0.4, -0.2) is 17.5 Å². The van der Waals surface area contributed by atoms with Gasteiger partial charge in [-0.3, -0.25) is 0 Å². The van der Waals surface area contributed by atoms with Crippen molar-refractivity contribution >= 4 is 11.8 Å². The lowest BCUT2D eigenvalue weighted by Gasteiger charge is -2.03. The van der Waals surface area contributed by atoms with Crippen molar-refractivity contribution in [3.63, 3.8) is 0 Å². The minimum absolute atomic E-state index is 0.668. The van der Waals surface area contributed by atoms with Crippen LogP contribution in [0.15, 0.2) is 12.2 Å². The molecular formula is C8H17NS. The summed E-state index contributed by atoms with van der Waals surface area (Å²) in [5, 5.41) is 0.780. The van der Waals surface area contributed by atoms with Crippen LogP contribution >= 0.6 is 11.8 Å². The molecule has 10 heavy (non-hydrogen) atoms. The van der Waals surface area contributed by atoms with Crippen molar-refractivity contribution in [3.05, 3.63) is 12.2 Å². The predicted octanol–water partition coefficient (Wildman–Crippen LogP) is 2.03. The molecule has 1 atom stereocenters. The zero-order valence-electron chi connectivity index (χ0n) is 6.84. The number of nitrogens with two attached hydrogens (primary N) is 1. The Morgan fingerprint density at radius 1 is 1.50 bits per heavy atom. The molecule has 0 aliphatic heterocycles. The van der Waals surface area contributed by atoms with Gasteiger partial charge in [-0.1, -0.05) is 26.0 Å². The fourth-order valence-corrected chi connectivity index (χ4v) is 1.31. The molecule has 0 fully saturated rings. The Morgan fingerprint density at radius 2 is 2.20 bits per heavy atom. The van der Waals surface area contributed by atoms with Gasteiger partial charge in [0.25, 0.3) is 0 Å². The van der Waals surface area contributed by atoms with Gasteiger partial charge in [-0.2, -0.15) is 11.8 Å². The van der Waals surface area contributed by atoms with E-state index < -0.39 is 0 Å². The number of hydrogen-bond donors (Lipinski definition) is 1. The molecule has 0 spiro atoms. The van der Waals surface area contributed by atoms with E-state index >= 15 is 0 Å². The largest absolute Gasteiger partial charge is 0.327 e. The second kappa shape index (κ2) is 7.16. The standard InChI is InChI=1S/C8H17NS/c1-3-8(2)10-7-5-4-6-9/h4-5,8H,3,6-7,9H2,1-2H3. The van der Waals surface area contributed by atoms with Crippen LogP contribution in [0, 0.1) is 0 Å². The average Bonchev–Trinajstić information content (AvgIpc) is 1.98. The van der Waals surface area contributed by atoms with E-state index in [0.29, 0.717) is 6.54 Å². The molecule has 0 aliphatic rings. The molecule has 0 rings (SSSR count). The SMILES string of the molecule is CCC(C)SCC=CCN. The smallest absolute Gasteiger partial charge is 0.0116 e. The topological polar surface area (TPSA) is 26.0 Å². The molecule has 0 saturated heterocycles. The molecule has 0 heterocycles. The number of rotatable bonds is 5. The molecule has 0 aromatic carbocycles. The summed E-state index contributed by atoms with van der Waals surface area (Å²) in [5.41, 5.74) is 5.28. The van der Waals surface area contributed by atoms with E-state index in [2.05, 4.69) is 19.9 Å². The highest BCUT2D eigenvalue weighted by Gasteiger charge is 1.94. The molecule has 1 unspecified atom stereocenters. The van der Waals surface area contributed by atoms with Crippen LogP contribution in [0.1, 0.15) is 20.3 Å². The molecule has 0 aromatic rings. The van der Waals surface area contributed by atoms with E-state index in [9.17, 15) is 0 Å². The maximum absolute atomic E-state index is 5.28. The zero-order chi connectivity index (χ0) is 7.82. The maximum Gasteiger partial charge on any atom is 0.0116 e. The van der Waals surface area contributed by atoms with Gasteiger partial charge in [0.05, 0.1) is 0 Å². The normalized spacial score (nSPS) is 14.3. The van der Waals surface area contributed by atoms with Gasteiger partial charge in [-0.15, -0.1) is 0 Å². The lowest BCUT2D eigenvalue weighted by Crippen LogP contribution is -1.95. The minimum Gasteiger partial charge on any atom is -0.327 e. The van der Waals surface area contributed by atoms with Gasteiger partial charge in [-0.05, 0) is 6.42 Å². The first-order valence-corrected chi connectivity index (χ1v) is 4.82. The molecule has 2 heteroatoms. The van der Waals surface area contributed by atoms with Crippen molar-refractivity contribution in [1.29, 1.82) is 0 Å². The molecule has 1 nitrogen and oxygen atoms in total. The molecule has 0 amide bonds. The van der Waals surface area contributed by atoms with Crippen LogP contribution in [0.4, 0.5) is 0 Å². The maximum atomic E-state index is 5.28. The van der Waals surface area contributed by atoms with Crippen molar-refractivity contribution in [2.45, 2.75) is 25.5 Å². The molecular weight excluding hydrogens is 142 g/mol. The van der Waals surface area contributed by atoms with Gasteiger partial charge in [-0.25, -0.2) is 0 Å². The van der Waals surface area contributed by atoms with Crippen molar-refractivity contribution in [3.8, 4) is 0 Å². The predicted molar refractivity (Wildman–Crippen MR) is 50.4 cm³/mol. The molecule has 60 valence electrons. The van der Waals surface area contributed by atoms with Gasteiger partial charge in [0.15, 0.2) is 0 Å². The summed E-state index contributed by atoms with van der Waals surface area (Å²) in [6.07, 6.45) is 5.40. The summed E-state index contributed by atoms with van der Waals surface area (Å²) in [6.45, 7) is 5.13. The van der Waals surface area contributed by atoms with Crippen molar-refractivity contribution < 1.29 is 0 Å². The second-order valence-corrected chi connectivity index (χ2v) is 3.73. The summed E-state index contributed by atoms with van der Waals surface area (Å²) >= 11 is 1.97. The lowest BCUT2D eigenvalue weighted by atomic mass is 10.4. The third-order valence-electron chi connectivity index (χ3n) is 1.35. The molecule has 2 N–H and O–H groups in total. The van der Waals surface area contributed by atoms with Gasteiger partial charge in [0.2, 0.25) is 0 Å². The first-order chi connectivity index (χ1) is 4.81. The first kappa shape index (κ1) is 10.0. The van der Waals surface area contributed by atoms with Crippen LogP contribution < -0.4 is 5.73 Å². The zero-order valence-corrected chi connectivity index (χ0v) is 7.66. The van der Waals surface area contributed by atoms with Crippen molar-refractivity contribution in [2.75, 3.05) is 12.3 Å². The van der Waals surface area contributed by atoms with Gasteiger partial charge in [0, 0.05) is 17.5 Å². The Bertz CT molecular complexity index is 91.3. The Labute approximate surface area is 68.1 Å². The third kappa shape index (κ3) is 6.17. The van der Waals surface area contributed by atoms with Crippen LogP contribution in [-0.2, 0) is 0 Å². The molecule has 0 aromatic heterocycles. The minimum atomic E-state index is 0.668. The second-order valence-electron chi connectivity index (χ2n) is 2.26. The third-order valence-corrected chi connectivity index (χ3v) is 2.64. The summed E-state index contributed by atoms with van der Waals surface area (Å²) in [4.78, 5) is 0. The van der Waals surface area contributed by atoms with Gasteiger partial charge in [0.1, 0.15) is 0 Å². The molecule has 0 aliphatic carbocycles. The Kier molecular flexibility index (Phi) is 7.20. The number of hydrogen-bond acceptors (Lipinski definition) is 2.